The summed E-state index contributed by atoms with van der Waals surface area (Å²) in [5, 5.41) is 16.0. The highest BCUT2D eigenvalue weighted by molar-refractivity contribution is 6.30. The molecule has 86 valence electrons. The van der Waals surface area contributed by atoms with Crippen LogP contribution in [-0.4, -0.2) is 24.4 Å². The van der Waals surface area contributed by atoms with Gasteiger partial charge in [0, 0.05) is 18.1 Å². The Hall–Kier alpha value is -1.82. The maximum absolute atomic E-state index is 11.0. The van der Waals surface area contributed by atoms with Crippen LogP contribution in [0.5, 0.6) is 0 Å². The lowest BCUT2D eigenvalue weighted by Gasteiger charge is -2.06. The first-order valence-corrected chi connectivity index (χ1v) is 4.80. The number of likely N-dealkylation sites (N-methyl/N-ethyl adjacent to an activating group) is 1. The Bertz CT molecular complexity index is 422. The van der Waals surface area contributed by atoms with Crippen LogP contribution in [0, 0.1) is 10.1 Å². The summed E-state index contributed by atoms with van der Waals surface area (Å²) in [6.07, 6.45) is 0. The van der Waals surface area contributed by atoms with Crippen molar-refractivity contribution in [3.8, 4) is 0 Å². The normalized spacial score (nSPS) is 9.62. The molecule has 2 N–H and O–H groups in total. The second kappa shape index (κ2) is 5.32. The lowest BCUT2D eigenvalue weighted by Crippen LogP contribution is -2.26. The van der Waals surface area contributed by atoms with Gasteiger partial charge in [-0.25, -0.2) is 0 Å². The smallest absolute Gasteiger partial charge is 0.293 e. The molecular formula is C9H10ClN3O3. The van der Waals surface area contributed by atoms with Gasteiger partial charge in [0.15, 0.2) is 0 Å². The van der Waals surface area contributed by atoms with Gasteiger partial charge in [-0.2, -0.15) is 0 Å². The van der Waals surface area contributed by atoms with Crippen LogP contribution in [-0.2, 0) is 4.79 Å². The predicted molar refractivity (Wildman–Crippen MR) is 60.7 cm³/mol. The van der Waals surface area contributed by atoms with Crippen molar-refractivity contribution in [1.29, 1.82) is 0 Å². The van der Waals surface area contributed by atoms with Crippen LogP contribution in [0.3, 0.4) is 0 Å². The second-order valence-corrected chi connectivity index (χ2v) is 3.38. The Morgan fingerprint density at radius 3 is 2.81 bits per heavy atom. The molecule has 0 bridgehead atoms. The van der Waals surface area contributed by atoms with E-state index in [1.807, 2.05) is 0 Å². The Morgan fingerprint density at radius 1 is 1.56 bits per heavy atom. The number of nitrogens with zero attached hydrogens (tertiary/aromatic N) is 1. The number of nitro benzene ring substituents is 1. The van der Waals surface area contributed by atoms with Crippen molar-refractivity contribution in [3.05, 3.63) is 33.3 Å². The predicted octanol–water partition coefficient (Wildman–Crippen LogP) is 1.41. The van der Waals surface area contributed by atoms with Gasteiger partial charge in [0.1, 0.15) is 5.69 Å². The van der Waals surface area contributed by atoms with Gasteiger partial charge in [-0.1, -0.05) is 11.6 Å². The van der Waals surface area contributed by atoms with Crippen LogP contribution < -0.4 is 10.6 Å². The van der Waals surface area contributed by atoms with Crippen molar-refractivity contribution in [2.45, 2.75) is 0 Å². The number of nitrogens with one attached hydrogen (secondary N) is 2. The topological polar surface area (TPSA) is 84.3 Å². The average Bonchev–Trinajstić information content (AvgIpc) is 2.26. The van der Waals surface area contributed by atoms with Crippen LogP contribution in [0.1, 0.15) is 0 Å². The van der Waals surface area contributed by atoms with Crippen LogP contribution in [0.25, 0.3) is 0 Å². The summed E-state index contributed by atoms with van der Waals surface area (Å²) >= 11 is 5.64. The number of amides is 1. The Morgan fingerprint density at radius 2 is 2.25 bits per heavy atom. The molecule has 0 unspecified atom stereocenters. The van der Waals surface area contributed by atoms with Gasteiger partial charge in [0.2, 0.25) is 5.91 Å². The molecule has 0 radical (unpaired) electrons. The third-order valence-electron chi connectivity index (χ3n) is 1.87. The molecule has 0 heterocycles. The highest BCUT2D eigenvalue weighted by Crippen LogP contribution is 2.27. The zero-order valence-electron chi connectivity index (χ0n) is 8.49. The maximum Gasteiger partial charge on any atom is 0.293 e. The molecular weight excluding hydrogens is 234 g/mol. The molecule has 1 aromatic carbocycles. The fourth-order valence-corrected chi connectivity index (χ4v) is 1.24. The molecule has 1 rings (SSSR count). The van der Waals surface area contributed by atoms with Gasteiger partial charge in [-0.05, 0) is 12.1 Å². The zero-order valence-corrected chi connectivity index (χ0v) is 9.25. The highest BCUT2D eigenvalue weighted by Gasteiger charge is 2.14. The minimum absolute atomic E-state index is 0.0288. The molecule has 7 heteroatoms. The largest absolute Gasteiger partial charge is 0.371 e. The first-order valence-electron chi connectivity index (χ1n) is 4.43. The van der Waals surface area contributed by atoms with Gasteiger partial charge < -0.3 is 10.6 Å². The lowest BCUT2D eigenvalue weighted by molar-refractivity contribution is -0.383. The van der Waals surface area contributed by atoms with Gasteiger partial charge in [0.25, 0.3) is 5.69 Å². The number of hydrogen-bond acceptors (Lipinski definition) is 4. The molecule has 0 fully saturated rings. The number of benzene rings is 1. The number of carbonyl (C=O) groups is 1. The summed E-state index contributed by atoms with van der Waals surface area (Å²) in [6, 6.07) is 4.21. The van der Waals surface area contributed by atoms with Crippen LogP contribution in [0.15, 0.2) is 18.2 Å². The monoisotopic (exact) mass is 243 g/mol. The zero-order chi connectivity index (χ0) is 12.1. The number of nitro groups is 1. The number of carbonyl (C=O) groups excluding carboxylic acids is 1. The van der Waals surface area contributed by atoms with Crippen LogP contribution >= 0.6 is 11.6 Å². The van der Waals surface area contributed by atoms with Crippen molar-refractivity contribution in [2.75, 3.05) is 18.9 Å². The number of hydrogen-bond donors (Lipinski definition) is 2. The quantitative estimate of drug-likeness (QED) is 0.619. The SMILES string of the molecule is CNC(=O)CNc1ccc(Cl)cc1[N+](=O)[O-]. The van der Waals surface area contributed by atoms with Crippen LogP contribution in [0.2, 0.25) is 5.02 Å². The third kappa shape index (κ3) is 3.09. The fourth-order valence-electron chi connectivity index (χ4n) is 1.07. The molecule has 0 aromatic heterocycles. The minimum atomic E-state index is -0.557. The maximum atomic E-state index is 11.0. The summed E-state index contributed by atoms with van der Waals surface area (Å²) in [4.78, 5) is 21.1. The molecule has 0 aliphatic rings. The molecule has 0 spiro atoms. The minimum Gasteiger partial charge on any atom is -0.371 e. The number of halogens is 1. The van der Waals surface area contributed by atoms with E-state index in [9.17, 15) is 14.9 Å². The third-order valence-corrected chi connectivity index (χ3v) is 2.11. The van der Waals surface area contributed by atoms with E-state index in [0.29, 0.717) is 0 Å². The summed E-state index contributed by atoms with van der Waals surface area (Å²) in [5.41, 5.74) is 0.106. The molecule has 1 amide bonds. The summed E-state index contributed by atoms with van der Waals surface area (Å²) in [7, 11) is 1.49. The van der Waals surface area contributed by atoms with Crippen molar-refractivity contribution in [3.63, 3.8) is 0 Å². The summed E-state index contributed by atoms with van der Waals surface area (Å²) in [5.74, 6) is -0.260. The Labute approximate surface area is 96.7 Å². The molecule has 0 aliphatic heterocycles. The van der Waals surface area contributed by atoms with Gasteiger partial charge in [0.05, 0.1) is 11.5 Å². The van der Waals surface area contributed by atoms with E-state index < -0.39 is 4.92 Å². The van der Waals surface area contributed by atoms with E-state index >= 15 is 0 Å². The van der Waals surface area contributed by atoms with E-state index in [4.69, 9.17) is 11.6 Å². The molecule has 1 aromatic rings. The van der Waals surface area contributed by atoms with E-state index in [1.54, 1.807) is 0 Å². The first-order chi connectivity index (χ1) is 7.54. The van der Waals surface area contributed by atoms with Gasteiger partial charge in [-0.3, -0.25) is 14.9 Å². The van der Waals surface area contributed by atoms with Gasteiger partial charge in [-0.15, -0.1) is 0 Å². The van der Waals surface area contributed by atoms with E-state index in [1.165, 1.54) is 25.2 Å². The highest BCUT2D eigenvalue weighted by atomic mass is 35.5. The molecule has 0 atom stereocenters. The van der Waals surface area contributed by atoms with E-state index in [-0.39, 0.29) is 28.8 Å². The van der Waals surface area contributed by atoms with E-state index in [0.717, 1.165) is 0 Å². The lowest BCUT2D eigenvalue weighted by atomic mass is 10.2. The fraction of sp³-hybridized carbons (Fsp3) is 0.222. The molecule has 0 aliphatic carbocycles. The van der Waals surface area contributed by atoms with Crippen molar-refractivity contribution < 1.29 is 9.72 Å². The number of anilines is 1. The average molecular weight is 244 g/mol. The van der Waals surface area contributed by atoms with Gasteiger partial charge >= 0.3 is 0 Å². The van der Waals surface area contributed by atoms with Crippen molar-refractivity contribution >= 4 is 28.9 Å². The molecule has 0 saturated carbocycles. The van der Waals surface area contributed by atoms with E-state index in [2.05, 4.69) is 10.6 Å². The summed E-state index contributed by atoms with van der Waals surface area (Å²) in [6.45, 7) is -0.0288. The Kier molecular flexibility index (Phi) is 4.07. The van der Waals surface area contributed by atoms with Crippen molar-refractivity contribution in [1.82, 2.24) is 5.32 Å². The van der Waals surface area contributed by atoms with Crippen LogP contribution in [0.4, 0.5) is 11.4 Å². The molecule has 6 nitrogen and oxygen atoms in total. The molecule has 16 heavy (non-hydrogen) atoms. The molecule has 0 saturated heterocycles. The Balaban J connectivity index is 2.87. The first kappa shape index (κ1) is 12.3. The summed E-state index contributed by atoms with van der Waals surface area (Å²) < 4.78 is 0. The number of rotatable bonds is 4. The standard InChI is InChI=1S/C9H10ClN3O3/c1-11-9(14)5-12-7-3-2-6(10)4-8(7)13(15)16/h2-4,12H,5H2,1H3,(H,11,14). The second-order valence-electron chi connectivity index (χ2n) is 2.95. The van der Waals surface area contributed by atoms with Crippen molar-refractivity contribution in [2.24, 2.45) is 0 Å².